The lowest BCUT2D eigenvalue weighted by Gasteiger charge is -2.30. The molecular weight excluding hydrogens is 1020 g/mol. The summed E-state index contributed by atoms with van der Waals surface area (Å²) >= 11 is 0. The van der Waals surface area contributed by atoms with Crippen LogP contribution in [0.3, 0.4) is 0 Å². The van der Waals surface area contributed by atoms with Crippen molar-refractivity contribution in [1.82, 2.24) is 19.7 Å². The summed E-state index contributed by atoms with van der Waals surface area (Å²) in [6.45, 7) is 7.22. The van der Waals surface area contributed by atoms with Crippen LogP contribution in [0.2, 0.25) is 0 Å². The summed E-state index contributed by atoms with van der Waals surface area (Å²) in [5.74, 6) is -0.209. The quantitative estimate of drug-likeness (QED) is 0.0318. The van der Waals surface area contributed by atoms with Crippen molar-refractivity contribution in [2.75, 3.05) is 53.4 Å². The van der Waals surface area contributed by atoms with Crippen LogP contribution >= 0.6 is 0 Å². The third-order valence-electron chi connectivity index (χ3n) is 11.8. The third-order valence-corrected chi connectivity index (χ3v) is 16.1. The maximum atomic E-state index is 13.9. The number of para-hydroxylation sites is 1. The smallest absolute Gasteiger partial charge is 0.296 e. The molecule has 0 spiro atoms. The lowest BCUT2D eigenvalue weighted by Crippen LogP contribution is -2.30. The van der Waals surface area contributed by atoms with Gasteiger partial charge in [-0.25, -0.2) is 13.1 Å². The van der Waals surface area contributed by atoms with Gasteiger partial charge in [0.1, 0.15) is 16.4 Å². The van der Waals surface area contributed by atoms with Gasteiger partial charge in [0, 0.05) is 79.1 Å². The van der Waals surface area contributed by atoms with Gasteiger partial charge in [-0.15, -0.1) is 0 Å². The molecule has 21 nitrogen and oxygen atoms in total. The fraction of sp³-hybridized carbons (Fsp3) is 0.188. The first-order chi connectivity index (χ1) is 34.3. The minimum Gasteiger partial charge on any atom is -0.457 e. The summed E-state index contributed by atoms with van der Waals surface area (Å²) < 4.78 is 140. The van der Waals surface area contributed by atoms with Gasteiger partial charge in [0.15, 0.2) is 0 Å². The van der Waals surface area contributed by atoms with Gasteiger partial charge in [0.25, 0.3) is 30.4 Å². The zero-order chi connectivity index (χ0) is 52.8. The first-order valence-electron chi connectivity index (χ1n) is 22.0. The summed E-state index contributed by atoms with van der Waals surface area (Å²) in [5.41, 5.74) is 6.97. The first kappa shape index (κ1) is 52.1. The average molecular weight is 1070 g/mol. The molecule has 2 heterocycles. The van der Waals surface area contributed by atoms with Crippen LogP contribution in [0.4, 0.5) is 46.3 Å². The number of fused-ring (bicyclic) bond motifs is 2. The van der Waals surface area contributed by atoms with Gasteiger partial charge in [-0.1, -0.05) is 54.6 Å². The number of hydrogen-bond acceptors (Lipinski definition) is 17. The van der Waals surface area contributed by atoms with Gasteiger partial charge >= 0.3 is 0 Å². The van der Waals surface area contributed by atoms with Crippen LogP contribution in [0.1, 0.15) is 44.9 Å². The second kappa shape index (κ2) is 20.0. The van der Waals surface area contributed by atoms with E-state index in [4.69, 9.17) is 4.74 Å². The Morgan fingerprint density at radius 2 is 1.12 bits per heavy atom. The van der Waals surface area contributed by atoms with Crippen LogP contribution < -0.4 is 35.6 Å². The molecule has 382 valence electrons. The summed E-state index contributed by atoms with van der Waals surface area (Å²) in [7, 11) is -15.3. The number of benzene rings is 6. The molecule has 8 rings (SSSR count). The van der Waals surface area contributed by atoms with E-state index in [9.17, 15) is 47.3 Å². The zero-order valence-electron chi connectivity index (χ0n) is 39.8. The van der Waals surface area contributed by atoms with Crippen LogP contribution in [-0.4, -0.2) is 89.5 Å². The topological polar surface area (TPSA) is 309 Å². The lowest BCUT2D eigenvalue weighted by molar-refractivity contribution is 0.451. The second-order valence-electron chi connectivity index (χ2n) is 17.2. The summed E-state index contributed by atoms with van der Waals surface area (Å²) in [6, 6.07) is 28.5. The monoisotopic (exact) mass is 1070 g/mol. The highest BCUT2D eigenvalue weighted by atomic mass is 32.2. The van der Waals surface area contributed by atoms with E-state index in [1.807, 2.05) is 57.2 Å². The van der Waals surface area contributed by atoms with Crippen LogP contribution in [0.25, 0.3) is 0 Å². The Labute approximate surface area is 422 Å². The van der Waals surface area contributed by atoms with Gasteiger partial charge in [0.2, 0.25) is 27.9 Å². The maximum absolute atomic E-state index is 13.9. The van der Waals surface area contributed by atoms with Crippen molar-refractivity contribution >= 4 is 86.7 Å². The third kappa shape index (κ3) is 11.4. The predicted octanol–water partition coefficient (Wildman–Crippen LogP) is 7.82. The molecule has 0 saturated heterocycles. The fourth-order valence-electron chi connectivity index (χ4n) is 8.31. The van der Waals surface area contributed by atoms with Crippen LogP contribution in [0.15, 0.2) is 129 Å². The van der Waals surface area contributed by atoms with Crippen molar-refractivity contribution in [2.45, 2.75) is 53.2 Å². The Kier molecular flexibility index (Phi) is 14.3. The number of sulfonamides is 1. The Balaban J connectivity index is 1.03. The molecule has 8 N–H and O–H groups in total. The van der Waals surface area contributed by atoms with Crippen LogP contribution in [-0.2, 0) is 40.4 Å². The maximum Gasteiger partial charge on any atom is 0.296 e. The van der Waals surface area contributed by atoms with Crippen molar-refractivity contribution in [3.63, 3.8) is 0 Å². The molecule has 0 saturated carbocycles. The van der Waals surface area contributed by atoms with Crippen molar-refractivity contribution in [3.8, 4) is 11.5 Å². The van der Waals surface area contributed by atoms with Crippen LogP contribution in [0.5, 0.6) is 11.5 Å². The number of nitrogens with one attached hydrogen (secondary N) is 5. The lowest BCUT2D eigenvalue weighted by atomic mass is 9.82. The highest BCUT2D eigenvalue weighted by molar-refractivity contribution is 7.89. The molecule has 1 atom stereocenters. The minimum atomic E-state index is -4.90. The number of aromatic nitrogens is 3. The van der Waals surface area contributed by atoms with E-state index >= 15 is 0 Å². The van der Waals surface area contributed by atoms with Gasteiger partial charge in [-0.05, 0) is 98.0 Å². The minimum absolute atomic E-state index is 0.0298. The Bertz CT molecular complexity index is 3780. The van der Waals surface area contributed by atoms with E-state index in [-0.39, 0.29) is 40.7 Å². The molecule has 1 aromatic heterocycles. The Morgan fingerprint density at radius 3 is 1.73 bits per heavy atom. The zero-order valence-corrected chi connectivity index (χ0v) is 43.1. The first-order valence-corrected chi connectivity index (χ1v) is 27.8. The van der Waals surface area contributed by atoms with Crippen molar-refractivity contribution in [2.24, 2.45) is 0 Å². The molecule has 73 heavy (non-hydrogen) atoms. The molecule has 0 aliphatic carbocycles. The SMILES string of the molecule is Cc1cccc(C)c1Nc1ccc2c(c1)Oc1cc(Nc3c(C)ccc(S(=O)(=O)NCCNc4nc(Nc5cc(S(=O)(=O)O)ccc5S(=O)(=O)O)nc(N(C)C)n4)c3C)ccc1C2c1ccccc1S(=O)(=O)O. The van der Waals surface area contributed by atoms with Gasteiger partial charge in [-0.3, -0.25) is 13.7 Å². The molecule has 1 aliphatic rings. The highest BCUT2D eigenvalue weighted by Crippen LogP contribution is 2.50. The molecule has 0 bridgehead atoms. The predicted molar refractivity (Wildman–Crippen MR) is 276 cm³/mol. The molecule has 0 fully saturated rings. The second-order valence-corrected chi connectivity index (χ2v) is 23.1. The molecule has 0 amide bonds. The normalized spacial score (nSPS) is 13.6. The number of aryl methyl sites for hydroxylation is 3. The molecule has 0 radical (unpaired) electrons. The Morgan fingerprint density at radius 1 is 0.548 bits per heavy atom. The number of ether oxygens (including phenoxy) is 1. The number of anilines is 8. The molecule has 7 aromatic rings. The summed E-state index contributed by atoms with van der Waals surface area (Å²) in [6.07, 6.45) is 0. The van der Waals surface area contributed by atoms with E-state index < -0.39 is 61.8 Å². The van der Waals surface area contributed by atoms with E-state index in [2.05, 4.69) is 40.9 Å². The Hall–Kier alpha value is -7.23. The van der Waals surface area contributed by atoms with E-state index in [0.29, 0.717) is 50.7 Å². The van der Waals surface area contributed by atoms with E-state index in [1.165, 1.54) is 23.1 Å². The summed E-state index contributed by atoms with van der Waals surface area (Å²) in [4.78, 5) is 12.5. The van der Waals surface area contributed by atoms with Crippen molar-refractivity contribution in [3.05, 3.63) is 148 Å². The van der Waals surface area contributed by atoms with Crippen LogP contribution in [0, 0.1) is 27.7 Å². The average Bonchev–Trinajstić information content (AvgIpc) is 3.31. The molecule has 6 aromatic carbocycles. The highest BCUT2D eigenvalue weighted by Gasteiger charge is 2.33. The molecule has 25 heteroatoms. The summed E-state index contributed by atoms with van der Waals surface area (Å²) in [5, 5.41) is 12.3. The van der Waals surface area contributed by atoms with Gasteiger partial charge in [-0.2, -0.15) is 40.2 Å². The molecule has 1 aliphatic heterocycles. The number of nitrogens with zero attached hydrogens (tertiary/aromatic N) is 4. The van der Waals surface area contributed by atoms with Gasteiger partial charge in [0.05, 0.1) is 20.4 Å². The van der Waals surface area contributed by atoms with Gasteiger partial charge < -0.3 is 30.9 Å². The van der Waals surface area contributed by atoms with E-state index in [0.717, 1.165) is 40.7 Å². The molecule has 1 unspecified atom stereocenters. The number of hydrogen-bond donors (Lipinski definition) is 8. The standard InChI is InChI=1S/C48H49N9O12S4/c1-27-10-9-11-28(2)44(27)51-31-15-18-34-38(24-31)69-39-25-32(16-19-35(39)43(34)36-12-7-8-13-41(36)72(63,64)65)52-45-29(3)14-20-40(30(45)4)70(58,59)50-23-22-49-46-54-47(56-48(55-46)57(5)6)53-37-26-33(71(60,61)62)17-21-42(37)73(66,67)68/h7-21,24-26,43,50-52H,22-23H2,1-6H3,(H,60,61,62)(H,63,64,65)(H,66,67,68)(H2,49,53,54,55,56). The van der Waals surface area contributed by atoms with Crippen molar-refractivity contribution in [1.29, 1.82) is 0 Å². The van der Waals surface area contributed by atoms with E-state index in [1.54, 1.807) is 57.4 Å². The number of rotatable bonds is 17. The largest absolute Gasteiger partial charge is 0.457 e. The molecular formula is C48H49N9O12S4. The fourth-order valence-corrected chi connectivity index (χ4v) is 11.5. The van der Waals surface area contributed by atoms with Crippen molar-refractivity contribution < 1.29 is 52.1 Å².